The Kier molecular flexibility index (Phi) is 6.68. The lowest BCUT2D eigenvalue weighted by molar-refractivity contribution is -0.143. The van der Waals surface area contributed by atoms with Crippen molar-refractivity contribution in [1.82, 2.24) is 25.2 Å². The van der Waals surface area contributed by atoms with Gasteiger partial charge in [0.2, 0.25) is 11.8 Å². The van der Waals surface area contributed by atoms with Gasteiger partial charge >= 0.3 is 0 Å². The Morgan fingerprint density at radius 1 is 1.21 bits per heavy atom. The third-order valence-electron chi connectivity index (χ3n) is 5.84. The number of para-hydroxylation sites is 1. The van der Waals surface area contributed by atoms with E-state index in [4.69, 9.17) is 9.15 Å². The van der Waals surface area contributed by atoms with Crippen LogP contribution in [0, 0.1) is 0 Å². The van der Waals surface area contributed by atoms with Gasteiger partial charge in [0.25, 0.3) is 0 Å². The summed E-state index contributed by atoms with van der Waals surface area (Å²) in [4.78, 5) is 29.6. The summed E-state index contributed by atoms with van der Waals surface area (Å²) in [5.41, 5.74) is 1.48. The van der Waals surface area contributed by atoms with E-state index in [9.17, 15) is 9.59 Å². The third-order valence-corrected chi connectivity index (χ3v) is 6.76. The minimum absolute atomic E-state index is 0.0272. The molecule has 2 amide bonds. The maximum absolute atomic E-state index is 13.7. The molecule has 0 bridgehead atoms. The highest BCUT2D eigenvalue weighted by Gasteiger charge is 2.35. The first-order chi connectivity index (χ1) is 16.7. The van der Waals surface area contributed by atoms with E-state index in [1.165, 1.54) is 11.3 Å². The second-order valence-electron chi connectivity index (χ2n) is 8.13. The SMILES string of the molecule is O=C(NCc1ccco1)[C@@H](c1cccs1)N(C[C@H]1CCCO1)C(=O)Cn1nnc2ccccc21. The molecule has 2 atom stereocenters. The molecule has 3 aromatic heterocycles. The number of ether oxygens (including phenoxy) is 1. The van der Waals surface area contributed by atoms with Crippen molar-refractivity contribution in [3.05, 3.63) is 70.8 Å². The van der Waals surface area contributed by atoms with Crippen molar-refractivity contribution >= 4 is 34.2 Å². The molecule has 4 heterocycles. The number of carbonyl (C=O) groups is 2. The maximum Gasteiger partial charge on any atom is 0.248 e. The van der Waals surface area contributed by atoms with Gasteiger partial charge in [0, 0.05) is 18.0 Å². The minimum Gasteiger partial charge on any atom is -0.467 e. The van der Waals surface area contributed by atoms with Gasteiger partial charge in [0.1, 0.15) is 23.9 Å². The van der Waals surface area contributed by atoms with Gasteiger partial charge in [0.05, 0.1) is 24.4 Å². The Morgan fingerprint density at radius 3 is 2.88 bits per heavy atom. The fourth-order valence-corrected chi connectivity index (χ4v) is 5.00. The first kappa shape index (κ1) is 22.3. The summed E-state index contributed by atoms with van der Waals surface area (Å²) in [5.74, 6) is 0.149. The first-order valence-electron chi connectivity index (χ1n) is 11.2. The molecule has 1 aliphatic rings. The highest BCUT2D eigenvalue weighted by atomic mass is 32.1. The zero-order valence-corrected chi connectivity index (χ0v) is 19.3. The monoisotopic (exact) mass is 479 g/mol. The molecule has 1 fully saturated rings. The van der Waals surface area contributed by atoms with Gasteiger partial charge in [0.15, 0.2) is 0 Å². The van der Waals surface area contributed by atoms with Crippen LogP contribution in [-0.2, 0) is 27.4 Å². The summed E-state index contributed by atoms with van der Waals surface area (Å²) in [7, 11) is 0. The third kappa shape index (κ3) is 4.87. The topological polar surface area (TPSA) is 102 Å². The van der Waals surface area contributed by atoms with E-state index >= 15 is 0 Å². The number of amides is 2. The smallest absolute Gasteiger partial charge is 0.248 e. The van der Waals surface area contributed by atoms with Crippen LogP contribution < -0.4 is 5.32 Å². The summed E-state index contributed by atoms with van der Waals surface area (Å²) < 4.78 is 12.8. The van der Waals surface area contributed by atoms with Gasteiger partial charge in [-0.3, -0.25) is 9.59 Å². The molecule has 0 spiro atoms. The number of furan rings is 1. The van der Waals surface area contributed by atoms with Crippen LogP contribution in [0.3, 0.4) is 0 Å². The van der Waals surface area contributed by atoms with Crippen LogP contribution in [0.25, 0.3) is 11.0 Å². The Bertz CT molecular complexity index is 1230. The molecule has 1 N–H and O–H groups in total. The van der Waals surface area contributed by atoms with E-state index in [0.717, 1.165) is 23.2 Å². The Morgan fingerprint density at radius 2 is 2.12 bits per heavy atom. The molecule has 1 aromatic carbocycles. The predicted octanol–water partition coefficient (Wildman–Crippen LogP) is 3.15. The summed E-state index contributed by atoms with van der Waals surface area (Å²) in [6, 6.07) is 14.0. The second kappa shape index (κ2) is 10.2. The number of nitrogens with zero attached hydrogens (tertiary/aromatic N) is 4. The zero-order valence-electron chi connectivity index (χ0n) is 18.5. The van der Waals surface area contributed by atoms with E-state index in [-0.39, 0.29) is 31.0 Å². The molecule has 9 nitrogen and oxygen atoms in total. The fraction of sp³-hybridized carbons (Fsp3) is 0.333. The molecule has 0 radical (unpaired) electrons. The minimum atomic E-state index is -0.790. The summed E-state index contributed by atoms with van der Waals surface area (Å²) >= 11 is 1.44. The zero-order chi connectivity index (χ0) is 23.3. The van der Waals surface area contributed by atoms with Gasteiger partial charge in [-0.2, -0.15) is 0 Å². The lowest BCUT2D eigenvalue weighted by Gasteiger charge is -2.32. The molecule has 0 unspecified atom stereocenters. The van der Waals surface area contributed by atoms with Crippen LogP contribution in [0.4, 0.5) is 0 Å². The largest absolute Gasteiger partial charge is 0.467 e. The van der Waals surface area contributed by atoms with E-state index in [2.05, 4.69) is 15.6 Å². The number of rotatable bonds is 9. The number of fused-ring (bicyclic) bond motifs is 1. The van der Waals surface area contributed by atoms with Crippen LogP contribution in [0.2, 0.25) is 0 Å². The van der Waals surface area contributed by atoms with Crippen molar-refractivity contribution in [2.75, 3.05) is 13.2 Å². The van der Waals surface area contributed by atoms with Crippen LogP contribution in [-0.4, -0.2) is 51.0 Å². The second-order valence-corrected chi connectivity index (χ2v) is 9.11. The quantitative estimate of drug-likeness (QED) is 0.396. The van der Waals surface area contributed by atoms with E-state index in [1.807, 2.05) is 41.8 Å². The Balaban J connectivity index is 1.43. The molecule has 4 aromatic rings. The van der Waals surface area contributed by atoms with Crippen molar-refractivity contribution in [2.24, 2.45) is 0 Å². The average molecular weight is 480 g/mol. The maximum atomic E-state index is 13.7. The molecule has 34 heavy (non-hydrogen) atoms. The molecular formula is C24H25N5O4S. The molecular weight excluding hydrogens is 454 g/mol. The summed E-state index contributed by atoms with van der Waals surface area (Å²) in [6.07, 6.45) is 3.24. The van der Waals surface area contributed by atoms with Crippen LogP contribution in [0.15, 0.2) is 64.6 Å². The summed E-state index contributed by atoms with van der Waals surface area (Å²) in [6.45, 7) is 1.20. The average Bonchev–Trinajstić information content (AvgIpc) is 3.66. The number of hydrogen-bond donors (Lipinski definition) is 1. The van der Waals surface area contributed by atoms with Crippen LogP contribution in [0.5, 0.6) is 0 Å². The molecule has 0 aliphatic carbocycles. The highest BCUT2D eigenvalue weighted by Crippen LogP contribution is 2.28. The van der Waals surface area contributed by atoms with Gasteiger partial charge in [-0.25, -0.2) is 4.68 Å². The normalized spacial score (nSPS) is 16.5. The highest BCUT2D eigenvalue weighted by molar-refractivity contribution is 7.10. The number of hydrogen-bond acceptors (Lipinski definition) is 7. The lowest BCUT2D eigenvalue weighted by atomic mass is 10.1. The number of benzene rings is 1. The number of nitrogens with one attached hydrogen (secondary N) is 1. The number of carbonyl (C=O) groups excluding carboxylic acids is 2. The number of thiophene rings is 1. The lowest BCUT2D eigenvalue weighted by Crippen LogP contribution is -2.47. The van der Waals surface area contributed by atoms with Gasteiger partial charge in [-0.05, 0) is 48.6 Å². The Hall–Kier alpha value is -3.50. The first-order valence-corrected chi connectivity index (χ1v) is 12.1. The summed E-state index contributed by atoms with van der Waals surface area (Å²) in [5, 5.41) is 13.1. The van der Waals surface area contributed by atoms with Crippen molar-refractivity contribution < 1.29 is 18.7 Å². The molecule has 5 rings (SSSR count). The van der Waals surface area contributed by atoms with Crippen molar-refractivity contribution in [2.45, 2.75) is 38.1 Å². The van der Waals surface area contributed by atoms with Crippen molar-refractivity contribution in [3.63, 3.8) is 0 Å². The predicted molar refractivity (Wildman–Crippen MR) is 126 cm³/mol. The van der Waals surface area contributed by atoms with Gasteiger partial charge in [-0.15, -0.1) is 16.4 Å². The van der Waals surface area contributed by atoms with Crippen molar-refractivity contribution in [3.8, 4) is 0 Å². The van der Waals surface area contributed by atoms with Crippen LogP contribution >= 0.6 is 11.3 Å². The van der Waals surface area contributed by atoms with Gasteiger partial charge in [-0.1, -0.05) is 23.4 Å². The van der Waals surface area contributed by atoms with Gasteiger partial charge < -0.3 is 19.4 Å². The Labute approximate surface area is 200 Å². The van der Waals surface area contributed by atoms with Crippen LogP contribution in [0.1, 0.15) is 29.5 Å². The molecule has 0 saturated carbocycles. The van der Waals surface area contributed by atoms with Crippen molar-refractivity contribution in [1.29, 1.82) is 0 Å². The molecule has 1 aliphatic heterocycles. The molecule has 176 valence electrons. The van der Waals surface area contributed by atoms with E-state index in [1.54, 1.807) is 28.0 Å². The fourth-order valence-electron chi connectivity index (χ4n) is 4.17. The van der Waals surface area contributed by atoms with E-state index < -0.39 is 6.04 Å². The standard InChI is InChI=1S/C24H25N5O4S/c30-22(16-29-20-9-2-1-8-19(20)26-27-29)28(15-18-7-4-12-33-18)23(21-10-5-13-34-21)24(31)25-14-17-6-3-11-32-17/h1-3,5-6,8-11,13,18,23H,4,7,12,14-16H2,(H,25,31)/t18-,23-/m1/s1. The van der Waals surface area contributed by atoms with E-state index in [0.29, 0.717) is 24.4 Å². The molecule has 1 saturated heterocycles. The number of aromatic nitrogens is 3. The molecule has 10 heteroatoms.